The van der Waals surface area contributed by atoms with Crippen molar-refractivity contribution in [2.24, 2.45) is 5.73 Å². The Kier molecular flexibility index (Phi) is 2.64. The van der Waals surface area contributed by atoms with Gasteiger partial charge in [-0.2, -0.15) is 0 Å². The second-order valence-electron chi connectivity index (χ2n) is 4.63. The Morgan fingerprint density at radius 3 is 2.85 bits per heavy atom. The molecule has 0 saturated carbocycles. The molecule has 0 spiro atoms. The van der Waals surface area contributed by atoms with Gasteiger partial charge < -0.3 is 11.2 Å². The van der Waals surface area contributed by atoms with Crippen LogP contribution >= 0.6 is 22.7 Å². The highest BCUT2D eigenvalue weighted by Gasteiger charge is 2.39. The zero-order valence-corrected chi connectivity index (χ0v) is 12.1. The highest BCUT2D eigenvalue weighted by molar-refractivity contribution is 7.13. The summed E-state index contributed by atoms with van der Waals surface area (Å²) in [5, 5.41) is 4.87. The molecule has 1 aromatic carbocycles. The van der Waals surface area contributed by atoms with Crippen molar-refractivity contribution in [2.45, 2.75) is 5.66 Å². The molecule has 100 valence electrons. The van der Waals surface area contributed by atoms with Gasteiger partial charge in [-0.05, 0) is 29.1 Å². The maximum atomic E-state index is 6.54. The molecule has 0 radical (unpaired) electrons. The van der Waals surface area contributed by atoms with E-state index in [-0.39, 0.29) is 0 Å². The van der Waals surface area contributed by atoms with E-state index >= 15 is 0 Å². The molecule has 3 heterocycles. The minimum Gasteiger partial charge on any atom is -0.319 e. The lowest BCUT2D eigenvalue weighted by Crippen LogP contribution is -2.48. The lowest BCUT2D eigenvalue weighted by molar-refractivity contribution is 0.481. The number of thiophene rings is 1. The number of hydrazine groups is 1. The summed E-state index contributed by atoms with van der Waals surface area (Å²) in [6.07, 6.45) is 1.78. The van der Waals surface area contributed by atoms with Crippen molar-refractivity contribution in [1.82, 2.24) is 10.4 Å². The second-order valence-corrected chi connectivity index (χ2v) is 6.48. The van der Waals surface area contributed by atoms with Gasteiger partial charge in [0.15, 0.2) is 5.66 Å². The summed E-state index contributed by atoms with van der Waals surface area (Å²) in [6.45, 7) is 0. The molecule has 20 heavy (non-hydrogen) atoms. The summed E-state index contributed by atoms with van der Waals surface area (Å²) in [6, 6.07) is 10.5. The van der Waals surface area contributed by atoms with Crippen molar-refractivity contribution in [1.29, 1.82) is 0 Å². The van der Waals surface area contributed by atoms with E-state index in [1.807, 2.05) is 5.38 Å². The molecule has 0 aliphatic carbocycles. The highest BCUT2D eigenvalue weighted by Crippen LogP contribution is 2.38. The molecule has 2 aromatic heterocycles. The zero-order valence-electron chi connectivity index (χ0n) is 10.5. The average molecular weight is 300 g/mol. The Morgan fingerprint density at radius 1 is 1.15 bits per heavy atom. The molecule has 6 heteroatoms. The SMILES string of the molecule is NC1(c2nccs2)NNc2ccc(-c3cccs3)cc21. The number of thiazole rings is 1. The fourth-order valence-electron chi connectivity index (χ4n) is 2.40. The van der Waals surface area contributed by atoms with Crippen molar-refractivity contribution in [3.8, 4) is 10.4 Å². The number of aromatic nitrogens is 1. The van der Waals surface area contributed by atoms with Crippen molar-refractivity contribution in [3.05, 3.63) is 57.9 Å². The van der Waals surface area contributed by atoms with Crippen LogP contribution in [0.15, 0.2) is 47.3 Å². The Balaban J connectivity index is 1.86. The number of nitrogens with zero attached hydrogens (tertiary/aromatic N) is 1. The molecule has 4 N–H and O–H groups in total. The topological polar surface area (TPSA) is 63.0 Å². The molecule has 0 amide bonds. The summed E-state index contributed by atoms with van der Waals surface area (Å²) in [5.41, 5.74) is 15.3. The molecular formula is C14H12N4S2. The number of rotatable bonds is 2. The van der Waals surface area contributed by atoms with Crippen LogP contribution in [-0.4, -0.2) is 4.98 Å². The highest BCUT2D eigenvalue weighted by atomic mass is 32.1. The van der Waals surface area contributed by atoms with E-state index in [0.717, 1.165) is 16.3 Å². The number of fused-ring (bicyclic) bond motifs is 1. The first kappa shape index (κ1) is 12.0. The molecular weight excluding hydrogens is 288 g/mol. The summed E-state index contributed by atoms with van der Waals surface area (Å²) in [4.78, 5) is 5.59. The van der Waals surface area contributed by atoms with Gasteiger partial charge in [-0.15, -0.1) is 22.7 Å². The van der Waals surface area contributed by atoms with Crippen LogP contribution in [0.25, 0.3) is 10.4 Å². The van der Waals surface area contributed by atoms with E-state index in [1.165, 1.54) is 10.4 Å². The Bertz CT molecular complexity index is 737. The quantitative estimate of drug-likeness (QED) is 0.681. The maximum Gasteiger partial charge on any atom is 0.164 e. The van der Waals surface area contributed by atoms with Crippen LogP contribution in [0.2, 0.25) is 0 Å². The van der Waals surface area contributed by atoms with Gasteiger partial charge in [-0.3, -0.25) is 0 Å². The molecule has 1 atom stereocenters. The van der Waals surface area contributed by atoms with Gasteiger partial charge >= 0.3 is 0 Å². The van der Waals surface area contributed by atoms with Crippen molar-refractivity contribution in [3.63, 3.8) is 0 Å². The first-order chi connectivity index (χ1) is 9.77. The summed E-state index contributed by atoms with van der Waals surface area (Å²) in [5.74, 6) is 0. The van der Waals surface area contributed by atoms with Gasteiger partial charge in [0.05, 0.1) is 5.69 Å². The normalized spacial score (nSPS) is 20.6. The lowest BCUT2D eigenvalue weighted by Gasteiger charge is -2.22. The maximum absolute atomic E-state index is 6.54. The van der Waals surface area contributed by atoms with Crippen molar-refractivity contribution >= 4 is 28.4 Å². The number of nitrogens with one attached hydrogen (secondary N) is 2. The van der Waals surface area contributed by atoms with Gasteiger partial charge in [0.25, 0.3) is 0 Å². The average Bonchev–Trinajstić information content (AvgIpc) is 3.20. The van der Waals surface area contributed by atoms with Crippen LogP contribution in [0.3, 0.4) is 0 Å². The molecule has 1 aliphatic heterocycles. The van der Waals surface area contributed by atoms with Crippen LogP contribution in [0.5, 0.6) is 0 Å². The lowest BCUT2D eigenvalue weighted by atomic mass is 9.98. The predicted octanol–water partition coefficient (Wildman–Crippen LogP) is 2.96. The van der Waals surface area contributed by atoms with Gasteiger partial charge in [-0.25, -0.2) is 10.4 Å². The summed E-state index contributed by atoms with van der Waals surface area (Å²) in [7, 11) is 0. The van der Waals surface area contributed by atoms with E-state index in [9.17, 15) is 0 Å². The molecule has 3 aromatic rings. The molecule has 0 fully saturated rings. The van der Waals surface area contributed by atoms with Crippen molar-refractivity contribution < 1.29 is 0 Å². The monoisotopic (exact) mass is 300 g/mol. The number of hydrogen-bond donors (Lipinski definition) is 3. The third kappa shape index (κ3) is 1.70. The first-order valence-electron chi connectivity index (χ1n) is 6.18. The van der Waals surface area contributed by atoms with Crippen LogP contribution in [-0.2, 0) is 5.66 Å². The van der Waals surface area contributed by atoms with Crippen LogP contribution in [0.1, 0.15) is 10.6 Å². The summed E-state index contributed by atoms with van der Waals surface area (Å²) < 4.78 is 0. The molecule has 1 unspecified atom stereocenters. The van der Waals surface area contributed by atoms with Crippen LogP contribution in [0, 0.1) is 0 Å². The molecule has 0 saturated heterocycles. The standard InChI is InChI=1S/C14H12N4S2/c15-14(13-16-5-7-20-13)10-8-9(12-2-1-6-19-12)3-4-11(10)17-18-14/h1-8,17-18H,15H2. The molecule has 1 aliphatic rings. The summed E-state index contributed by atoms with van der Waals surface area (Å²) >= 11 is 3.27. The first-order valence-corrected chi connectivity index (χ1v) is 7.94. The molecule has 4 nitrogen and oxygen atoms in total. The van der Waals surface area contributed by atoms with E-state index in [4.69, 9.17) is 5.73 Å². The molecule has 0 bridgehead atoms. The van der Waals surface area contributed by atoms with E-state index in [1.54, 1.807) is 28.9 Å². The van der Waals surface area contributed by atoms with Crippen LogP contribution in [0.4, 0.5) is 5.69 Å². The van der Waals surface area contributed by atoms with E-state index in [0.29, 0.717) is 0 Å². The largest absolute Gasteiger partial charge is 0.319 e. The fraction of sp³-hybridized carbons (Fsp3) is 0.0714. The second kappa shape index (κ2) is 4.39. The fourth-order valence-corrected chi connectivity index (χ4v) is 3.84. The van der Waals surface area contributed by atoms with Gasteiger partial charge in [0.1, 0.15) is 5.01 Å². The number of benzene rings is 1. The third-order valence-electron chi connectivity index (χ3n) is 3.41. The van der Waals surface area contributed by atoms with E-state index in [2.05, 4.69) is 51.5 Å². The van der Waals surface area contributed by atoms with E-state index < -0.39 is 5.66 Å². The Labute approximate surface area is 124 Å². The van der Waals surface area contributed by atoms with Gasteiger partial charge in [-0.1, -0.05) is 12.1 Å². The number of anilines is 1. The number of hydrogen-bond acceptors (Lipinski definition) is 6. The Hall–Kier alpha value is -1.73. The van der Waals surface area contributed by atoms with Gasteiger partial charge in [0.2, 0.25) is 0 Å². The van der Waals surface area contributed by atoms with Crippen molar-refractivity contribution in [2.75, 3.05) is 5.43 Å². The Morgan fingerprint density at radius 2 is 2.10 bits per heavy atom. The van der Waals surface area contributed by atoms with Gasteiger partial charge in [0, 0.05) is 22.0 Å². The minimum atomic E-state index is -0.767. The minimum absolute atomic E-state index is 0.767. The molecule has 4 rings (SSSR count). The predicted molar refractivity (Wildman–Crippen MR) is 83.6 cm³/mol. The smallest absolute Gasteiger partial charge is 0.164 e. The number of nitrogens with two attached hydrogens (primary N) is 1. The third-order valence-corrected chi connectivity index (χ3v) is 5.24. The zero-order chi connectivity index (χ0) is 13.6. The van der Waals surface area contributed by atoms with Crippen LogP contribution < -0.4 is 16.6 Å².